The van der Waals surface area contributed by atoms with E-state index in [1.54, 1.807) is 0 Å². The van der Waals surface area contributed by atoms with Gasteiger partial charge in [0.15, 0.2) is 0 Å². The van der Waals surface area contributed by atoms with Crippen molar-refractivity contribution >= 4 is 0 Å². The van der Waals surface area contributed by atoms with Crippen molar-refractivity contribution < 1.29 is 5.11 Å². The van der Waals surface area contributed by atoms with Gasteiger partial charge in [0.2, 0.25) is 0 Å². The predicted octanol–water partition coefficient (Wildman–Crippen LogP) is 2.31. The van der Waals surface area contributed by atoms with Crippen LogP contribution in [-0.2, 0) is 6.54 Å². The molecule has 2 fully saturated rings. The van der Waals surface area contributed by atoms with Gasteiger partial charge in [0.25, 0.3) is 0 Å². The van der Waals surface area contributed by atoms with E-state index in [2.05, 4.69) is 26.9 Å². The van der Waals surface area contributed by atoms with Gasteiger partial charge >= 0.3 is 0 Å². The molecule has 0 radical (unpaired) electrons. The number of nitrogens with zero attached hydrogens (tertiary/aromatic N) is 3. The smallest absolute Gasteiger partial charge is 0.0547 e. The number of likely N-dealkylation sites (tertiary alicyclic amines) is 2. The average Bonchev–Trinajstić information content (AvgIpc) is 2.74. The summed E-state index contributed by atoms with van der Waals surface area (Å²) >= 11 is 0. The molecule has 0 bridgehead atoms. The van der Waals surface area contributed by atoms with Crippen LogP contribution in [0.2, 0.25) is 0 Å². The normalized spacial score (nSPS) is 27.2. The summed E-state index contributed by atoms with van der Waals surface area (Å²) in [5.74, 6) is 1.02. The summed E-state index contributed by atoms with van der Waals surface area (Å²) in [6.45, 7) is 9.02. The van der Waals surface area contributed by atoms with Gasteiger partial charge < -0.3 is 10.0 Å². The molecular formula is C19H31N3O. The van der Waals surface area contributed by atoms with Crippen LogP contribution in [0.25, 0.3) is 0 Å². The quantitative estimate of drug-likeness (QED) is 0.904. The van der Waals surface area contributed by atoms with Crippen molar-refractivity contribution in [2.24, 2.45) is 11.8 Å². The van der Waals surface area contributed by atoms with Gasteiger partial charge in [-0.15, -0.1) is 0 Å². The van der Waals surface area contributed by atoms with Gasteiger partial charge in [0, 0.05) is 38.5 Å². The summed E-state index contributed by atoms with van der Waals surface area (Å²) in [4.78, 5) is 9.74. The van der Waals surface area contributed by atoms with Gasteiger partial charge in [0.1, 0.15) is 0 Å². The molecule has 128 valence electrons. The predicted molar refractivity (Wildman–Crippen MR) is 93.2 cm³/mol. The van der Waals surface area contributed by atoms with Crippen LogP contribution < -0.4 is 0 Å². The molecule has 1 aromatic rings. The van der Waals surface area contributed by atoms with Crippen LogP contribution >= 0.6 is 0 Å². The Balaban J connectivity index is 1.56. The van der Waals surface area contributed by atoms with Gasteiger partial charge in [-0.25, -0.2) is 0 Å². The second-order valence-electron chi connectivity index (χ2n) is 7.38. The molecular weight excluding hydrogens is 286 g/mol. The van der Waals surface area contributed by atoms with Crippen molar-refractivity contribution in [3.63, 3.8) is 0 Å². The topological polar surface area (TPSA) is 39.6 Å². The molecule has 3 heterocycles. The van der Waals surface area contributed by atoms with Crippen LogP contribution in [0.3, 0.4) is 0 Å². The largest absolute Gasteiger partial charge is 0.396 e. The summed E-state index contributed by atoms with van der Waals surface area (Å²) < 4.78 is 0. The number of aliphatic hydroxyl groups excluding tert-OH is 1. The molecule has 2 aliphatic heterocycles. The van der Waals surface area contributed by atoms with Crippen molar-refractivity contribution in [1.29, 1.82) is 0 Å². The third-order valence-corrected chi connectivity index (χ3v) is 5.41. The Labute approximate surface area is 140 Å². The van der Waals surface area contributed by atoms with Gasteiger partial charge in [-0.3, -0.25) is 9.88 Å². The third-order valence-electron chi connectivity index (χ3n) is 5.41. The van der Waals surface area contributed by atoms with Crippen LogP contribution in [0.1, 0.15) is 37.1 Å². The first-order valence-corrected chi connectivity index (χ1v) is 9.22. The van der Waals surface area contributed by atoms with Crippen molar-refractivity contribution in [2.75, 3.05) is 39.3 Å². The maximum absolute atomic E-state index is 9.79. The lowest BCUT2D eigenvalue weighted by Crippen LogP contribution is -2.34. The van der Waals surface area contributed by atoms with Crippen molar-refractivity contribution in [3.05, 3.63) is 29.6 Å². The molecule has 4 heteroatoms. The second kappa shape index (κ2) is 8.22. The number of aryl methyl sites for hydroxylation is 1. The zero-order valence-corrected chi connectivity index (χ0v) is 14.5. The Morgan fingerprint density at radius 2 is 1.78 bits per heavy atom. The summed E-state index contributed by atoms with van der Waals surface area (Å²) in [6, 6.07) is 6.25. The van der Waals surface area contributed by atoms with Crippen LogP contribution in [0.15, 0.2) is 18.2 Å². The highest BCUT2D eigenvalue weighted by molar-refractivity contribution is 5.10. The minimum atomic E-state index is 0.316. The van der Waals surface area contributed by atoms with E-state index in [-0.39, 0.29) is 0 Å². The highest BCUT2D eigenvalue weighted by atomic mass is 16.3. The number of aliphatic hydroxyl groups is 1. The molecule has 0 amide bonds. The zero-order chi connectivity index (χ0) is 16.1. The number of hydrogen-bond donors (Lipinski definition) is 1. The number of aromatic nitrogens is 1. The summed E-state index contributed by atoms with van der Waals surface area (Å²) in [7, 11) is 0. The lowest BCUT2D eigenvalue weighted by Gasteiger charge is -2.26. The van der Waals surface area contributed by atoms with Crippen molar-refractivity contribution in [2.45, 2.75) is 39.2 Å². The van der Waals surface area contributed by atoms with E-state index in [0.29, 0.717) is 18.4 Å². The Morgan fingerprint density at radius 1 is 1.04 bits per heavy atom. The lowest BCUT2D eigenvalue weighted by atomic mass is 9.96. The third kappa shape index (κ3) is 4.75. The lowest BCUT2D eigenvalue weighted by molar-refractivity contribution is 0.165. The molecule has 2 atom stereocenters. The Bertz CT molecular complexity index is 485. The van der Waals surface area contributed by atoms with Crippen LogP contribution in [-0.4, -0.2) is 59.2 Å². The Hall–Kier alpha value is -0.970. The van der Waals surface area contributed by atoms with Gasteiger partial charge in [-0.2, -0.15) is 0 Å². The molecule has 3 rings (SSSR count). The van der Waals surface area contributed by atoms with E-state index < -0.39 is 0 Å². The van der Waals surface area contributed by atoms with Crippen LogP contribution in [0.4, 0.5) is 0 Å². The van der Waals surface area contributed by atoms with E-state index in [9.17, 15) is 5.11 Å². The summed E-state index contributed by atoms with van der Waals surface area (Å²) in [6.07, 6.45) is 5.45. The van der Waals surface area contributed by atoms with E-state index in [1.807, 2.05) is 13.0 Å². The molecule has 0 aromatic carbocycles. The first kappa shape index (κ1) is 16.9. The molecule has 4 nitrogen and oxygen atoms in total. The minimum Gasteiger partial charge on any atom is -0.396 e. The van der Waals surface area contributed by atoms with E-state index in [4.69, 9.17) is 0 Å². The van der Waals surface area contributed by atoms with Gasteiger partial charge in [-0.05, 0) is 56.8 Å². The SMILES string of the molecule is Cc1cccc(CN2C[C@@H](CN3CCCCCC3)[C@@H](CO)C2)n1. The summed E-state index contributed by atoms with van der Waals surface area (Å²) in [5, 5.41) is 9.79. The Morgan fingerprint density at radius 3 is 2.48 bits per heavy atom. The fraction of sp³-hybridized carbons (Fsp3) is 0.737. The number of pyridine rings is 1. The van der Waals surface area contributed by atoms with Gasteiger partial charge in [0.05, 0.1) is 5.69 Å². The Kier molecular flexibility index (Phi) is 6.03. The molecule has 1 N–H and O–H groups in total. The standard InChI is InChI=1S/C19H31N3O/c1-16-7-6-8-19(20-16)14-22-12-17(18(13-22)15-23)11-21-9-4-2-3-5-10-21/h6-8,17-18,23H,2-5,9-15H2,1H3/t17-,18-/m1/s1. The molecule has 23 heavy (non-hydrogen) atoms. The van der Waals surface area contributed by atoms with E-state index in [1.165, 1.54) is 38.8 Å². The maximum Gasteiger partial charge on any atom is 0.0547 e. The second-order valence-corrected chi connectivity index (χ2v) is 7.38. The van der Waals surface area contributed by atoms with E-state index in [0.717, 1.165) is 37.6 Å². The molecule has 0 spiro atoms. The van der Waals surface area contributed by atoms with Gasteiger partial charge in [-0.1, -0.05) is 18.9 Å². The fourth-order valence-corrected chi connectivity index (χ4v) is 4.15. The number of hydrogen-bond acceptors (Lipinski definition) is 4. The van der Waals surface area contributed by atoms with E-state index >= 15 is 0 Å². The zero-order valence-electron chi connectivity index (χ0n) is 14.5. The molecule has 2 aliphatic rings. The minimum absolute atomic E-state index is 0.316. The molecule has 0 unspecified atom stereocenters. The first-order chi connectivity index (χ1) is 11.2. The fourth-order valence-electron chi connectivity index (χ4n) is 4.15. The first-order valence-electron chi connectivity index (χ1n) is 9.22. The molecule has 1 aromatic heterocycles. The van der Waals surface area contributed by atoms with Crippen LogP contribution in [0.5, 0.6) is 0 Å². The molecule has 0 aliphatic carbocycles. The van der Waals surface area contributed by atoms with Crippen LogP contribution in [0, 0.1) is 18.8 Å². The van der Waals surface area contributed by atoms with Crippen molar-refractivity contribution in [3.8, 4) is 0 Å². The summed E-state index contributed by atoms with van der Waals surface area (Å²) in [5.41, 5.74) is 2.23. The van der Waals surface area contributed by atoms with Crippen molar-refractivity contribution in [1.82, 2.24) is 14.8 Å². The number of rotatable bonds is 5. The monoisotopic (exact) mass is 317 g/mol. The average molecular weight is 317 g/mol. The molecule has 2 saturated heterocycles. The molecule has 0 saturated carbocycles. The highest BCUT2D eigenvalue weighted by Gasteiger charge is 2.33. The maximum atomic E-state index is 9.79. The highest BCUT2D eigenvalue weighted by Crippen LogP contribution is 2.26.